The number of carbonyl (C=O) groups is 1. The second-order valence-electron chi connectivity index (χ2n) is 6.15. The Bertz CT molecular complexity index is 673. The maximum absolute atomic E-state index is 12.4. The van der Waals surface area contributed by atoms with Gasteiger partial charge < -0.3 is 5.32 Å². The normalized spacial score (nSPS) is 20.7. The molecule has 128 valence electrons. The highest BCUT2D eigenvalue weighted by Gasteiger charge is 2.34. The quantitative estimate of drug-likeness (QED) is 0.891. The maximum atomic E-state index is 12.4. The molecule has 1 aromatic carbocycles. The van der Waals surface area contributed by atoms with Crippen molar-refractivity contribution in [3.8, 4) is 0 Å². The molecule has 0 aromatic heterocycles. The van der Waals surface area contributed by atoms with E-state index in [1.165, 1.54) is 0 Å². The van der Waals surface area contributed by atoms with Crippen LogP contribution in [0.15, 0.2) is 24.3 Å². The molecule has 1 amide bonds. The number of hydrogen-bond donors (Lipinski definition) is 1. The summed E-state index contributed by atoms with van der Waals surface area (Å²) in [6.45, 7) is 4.99. The zero-order valence-electron chi connectivity index (χ0n) is 14.1. The van der Waals surface area contributed by atoms with Crippen LogP contribution in [-0.2, 0) is 10.0 Å². The molecule has 0 spiro atoms. The average molecular weight is 339 g/mol. The van der Waals surface area contributed by atoms with E-state index < -0.39 is 15.3 Å². The number of sulfonamides is 1. The van der Waals surface area contributed by atoms with Gasteiger partial charge in [-0.05, 0) is 38.6 Å². The summed E-state index contributed by atoms with van der Waals surface area (Å²) in [5.41, 5.74) is 1.54. The predicted octanol–water partition coefficient (Wildman–Crippen LogP) is 1.07. The summed E-state index contributed by atoms with van der Waals surface area (Å²) in [6, 6.07) is 7.32. The lowest BCUT2D eigenvalue weighted by Gasteiger charge is -2.39. The number of piperazine rings is 1. The van der Waals surface area contributed by atoms with Crippen LogP contribution < -0.4 is 5.32 Å². The van der Waals surface area contributed by atoms with Gasteiger partial charge in [-0.2, -0.15) is 4.31 Å². The first-order valence-corrected chi connectivity index (χ1v) is 9.29. The van der Waals surface area contributed by atoms with Crippen molar-refractivity contribution >= 4 is 15.9 Å². The largest absolute Gasteiger partial charge is 0.355 e. The van der Waals surface area contributed by atoms with E-state index in [1.807, 2.05) is 25.2 Å². The van der Waals surface area contributed by atoms with Crippen LogP contribution in [0.3, 0.4) is 0 Å². The highest BCUT2D eigenvalue weighted by molar-refractivity contribution is 7.89. The molecule has 1 heterocycles. The van der Waals surface area contributed by atoms with Crippen LogP contribution in [0.25, 0.3) is 0 Å². The molecule has 6 nitrogen and oxygen atoms in total. The smallest absolute Gasteiger partial charge is 0.251 e. The van der Waals surface area contributed by atoms with Gasteiger partial charge in [0, 0.05) is 38.3 Å². The van der Waals surface area contributed by atoms with E-state index in [4.69, 9.17) is 0 Å². The fourth-order valence-corrected chi connectivity index (χ4v) is 4.05. The number of likely N-dealkylation sites (N-methyl/N-ethyl adjacent to an activating group) is 1. The summed E-state index contributed by atoms with van der Waals surface area (Å²) in [4.78, 5) is 13.9. The van der Waals surface area contributed by atoms with Gasteiger partial charge in [-0.1, -0.05) is 12.1 Å². The Morgan fingerprint density at radius 2 is 2.00 bits per heavy atom. The minimum Gasteiger partial charge on any atom is -0.355 e. The van der Waals surface area contributed by atoms with Gasteiger partial charge in [0.05, 0.1) is 5.25 Å². The molecule has 1 N–H and O–H groups in total. The molecular formula is C16H25N3O3S. The van der Waals surface area contributed by atoms with E-state index in [1.54, 1.807) is 31.3 Å². The first-order chi connectivity index (χ1) is 10.8. The number of carbonyl (C=O) groups excluding carboxylic acids is 1. The standard InChI is InChI=1S/C16H25N3O3S/c1-12(2)23(21,22)19-9-8-18(4)15(11-19)13-6-5-7-14(10-13)16(20)17-3/h5-7,10,12,15H,8-9,11H2,1-4H3,(H,17,20). The van der Waals surface area contributed by atoms with E-state index in [0.29, 0.717) is 25.2 Å². The lowest BCUT2D eigenvalue weighted by atomic mass is 10.0. The number of hydrogen-bond acceptors (Lipinski definition) is 4. The topological polar surface area (TPSA) is 69.7 Å². The van der Waals surface area contributed by atoms with Gasteiger partial charge in [0.2, 0.25) is 10.0 Å². The van der Waals surface area contributed by atoms with E-state index >= 15 is 0 Å². The zero-order valence-corrected chi connectivity index (χ0v) is 14.9. The van der Waals surface area contributed by atoms with Crippen molar-refractivity contribution in [3.63, 3.8) is 0 Å². The van der Waals surface area contributed by atoms with Crippen molar-refractivity contribution in [1.29, 1.82) is 0 Å². The number of rotatable bonds is 4. The third-order valence-electron chi connectivity index (χ3n) is 4.33. The van der Waals surface area contributed by atoms with Crippen molar-refractivity contribution in [2.45, 2.75) is 25.1 Å². The lowest BCUT2D eigenvalue weighted by molar-refractivity contribution is 0.0962. The molecular weight excluding hydrogens is 314 g/mol. The van der Waals surface area contributed by atoms with Crippen LogP contribution in [0, 0.1) is 0 Å². The molecule has 0 radical (unpaired) electrons. The number of benzene rings is 1. The third kappa shape index (κ3) is 3.73. The molecule has 1 saturated heterocycles. The van der Waals surface area contributed by atoms with Crippen LogP contribution in [0.1, 0.15) is 35.8 Å². The van der Waals surface area contributed by atoms with Gasteiger partial charge >= 0.3 is 0 Å². The van der Waals surface area contributed by atoms with Crippen molar-refractivity contribution < 1.29 is 13.2 Å². The van der Waals surface area contributed by atoms with Crippen LogP contribution in [0.4, 0.5) is 0 Å². The van der Waals surface area contributed by atoms with Crippen molar-refractivity contribution in [3.05, 3.63) is 35.4 Å². The molecule has 1 aliphatic rings. The van der Waals surface area contributed by atoms with Gasteiger partial charge in [0.15, 0.2) is 0 Å². The summed E-state index contributed by atoms with van der Waals surface area (Å²) in [7, 11) is 0.311. The molecule has 1 aromatic rings. The van der Waals surface area contributed by atoms with Gasteiger partial charge in [-0.3, -0.25) is 9.69 Å². The molecule has 23 heavy (non-hydrogen) atoms. The number of nitrogens with zero attached hydrogens (tertiary/aromatic N) is 2. The zero-order chi connectivity index (χ0) is 17.2. The minimum atomic E-state index is -3.27. The molecule has 2 rings (SSSR count). The van der Waals surface area contributed by atoms with Gasteiger partial charge in [0.1, 0.15) is 0 Å². The van der Waals surface area contributed by atoms with Crippen LogP contribution in [-0.4, -0.2) is 62.5 Å². The molecule has 0 bridgehead atoms. The number of nitrogens with one attached hydrogen (secondary N) is 1. The monoisotopic (exact) mass is 339 g/mol. The Hall–Kier alpha value is -1.44. The van der Waals surface area contributed by atoms with Crippen molar-refractivity contribution in [2.24, 2.45) is 0 Å². The summed E-state index contributed by atoms with van der Waals surface area (Å²) in [5.74, 6) is -0.142. The van der Waals surface area contributed by atoms with Crippen LogP contribution in [0.5, 0.6) is 0 Å². The predicted molar refractivity (Wildman–Crippen MR) is 90.8 cm³/mol. The van der Waals surface area contributed by atoms with E-state index in [-0.39, 0.29) is 11.9 Å². The summed E-state index contributed by atoms with van der Waals surface area (Å²) in [6.07, 6.45) is 0. The summed E-state index contributed by atoms with van der Waals surface area (Å²) in [5, 5.41) is 2.18. The van der Waals surface area contributed by atoms with Crippen LogP contribution >= 0.6 is 0 Å². The highest BCUT2D eigenvalue weighted by Crippen LogP contribution is 2.27. The molecule has 7 heteroatoms. The Morgan fingerprint density at radius 1 is 1.30 bits per heavy atom. The number of amides is 1. The molecule has 0 aliphatic carbocycles. The second kappa shape index (κ2) is 6.98. The minimum absolute atomic E-state index is 0.0538. The third-order valence-corrected chi connectivity index (χ3v) is 6.57. The fraction of sp³-hybridized carbons (Fsp3) is 0.562. The second-order valence-corrected chi connectivity index (χ2v) is 8.64. The lowest BCUT2D eigenvalue weighted by Crippen LogP contribution is -2.50. The molecule has 0 saturated carbocycles. The summed E-state index contributed by atoms with van der Waals surface area (Å²) >= 11 is 0. The SMILES string of the molecule is CNC(=O)c1cccc(C2CN(S(=O)(=O)C(C)C)CCN2C)c1. The van der Waals surface area contributed by atoms with Gasteiger partial charge in [-0.15, -0.1) is 0 Å². The Labute approximate surface area is 138 Å². The highest BCUT2D eigenvalue weighted by atomic mass is 32.2. The molecule has 1 atom stereocenters. The van der Waals surface area contributed by atoms with Crippen molar-refractivity contribution in [1.82, 2.24) is 14.5 Å². The van der Waals surface area contributed by atoms with Gasteiger partial charge in [0.25, 0.3) is 5.91 Å². The van der Waals surface area contributed by atoms with E-state index in [0.717, 1.165) is 5.56 Å². The van der Waals surface area contributed by atoms with E-state index in [9.17, 15) is 13.2 Å². The Balaban J connectivity index is 2.29. The molecule has 1 aliphatic heterocycles. The average Bonchev–Trinajstić information content (AvgIpc) is 2.54. The van der Waals surface area contributed by atoms with E-state index in [2.05, 4.69) is 10.2 Å². The Kier molecular flexibility index (Phi) is 5.44. The molecule has 1 unspecified atom stereocenters. The van der Waals surface area contributed by atoms with Gasteiger partial charge in [-0.25, -0.2) is 8.42 Å². The van der Waals surface area contributed by atoms with Crippen molar-refractivity contribution in [2.75, 3.05) is 33.7 Å². The fourth-order valence-electron chi connectivity index (χ4n) is 2.77. The maximum Gasteiger partial charge on any atom is 0.251 e. The Morgan fingerprint density at radius 3 is 2.61 bits per heavy atom. The van der Waals surface area contributed by atoms with Crippen LogP contribution in [0.2, 0.25) is 0 Å². The summed E-state index contributed by atoms with van der Waals surface area (Å²) < 4.78 is 26.4. The first kappa shape index (κ1) is 17.9. The molecule has 1 fully saturated rings. The first-order valence-electron chi connectivity index (χ1n) is 7.78.